The zero-order valence-electron chi connectivity index (χ0n) is 9.72. The summed E-state index contributed by atoms with van der Waals surface area (Å²) in [6.45, 7) is 4.25. The lowest BCUT2D eigenvalue weighted by Gasteiger charge is -2.24. The van der Waals surface area contributed by atoms with Gasteiger partial charge in [0.1, 0.15) is 0 Å². The molecule has 0 radical (unpaired) electrons. The summed E-state index contributed by atoms with van der Waals surface area (Å²) < 4.78 is 5.49. The lowest BCUT2D eigenvalue weighted by atomic mass is 9.93. The lowest BCUT2D eigenvalue weighted by Crippen LogP contribution is -2.27. The van der Waals surface area contributed by atoms with Crippen LogP contribution < -0.4 is 5.32 Å². The van der Waals surface area contributed by atoms with Crippen LogP contribution in [0.15, 0.2) is 0 Å². The molecule has 0 bridgehead atoms. The maximum atomic E-state index is 5.49. The van der Waals surface area contributed by atoms with Gasteiger partial charge in [-0.2, -0.15) is 0 Å². The maximum Gasteiger partial charge on any atom is 0.0494 e. The van der Waals surface area contributed by atoms with E-state index in [0.717, 1.165) is 25.2 Å². The van der Waals surface area contributed by atoms with E-state index in [1.54, 1.807) is 0 Å². The third kappa shape index (κ3) is 4.43. The molecular weight excluding hydrogens is 174 g/mol. The monoisotopic (exact) mass is 199 g/mol. The second-order valence-corrected chi connectivity index (χ2v) is 4.43. The second-order valence-electron chi connectivity index (χ2n) is 4.43. The Kier molecular flexibility index (Phi) is 6.20. The van der Waals surface area contributed by atoms with Crippen molar-refractivity contribution in [2.24, 2.45) is 5.92 Å². The van der Waals surface area contributed by atoms with Crippen molar-refractivity contribution in [1.82, 2.24) is 5.32 Å². The Bertz CT molecular complexity index is 128. The van der Waals surface area contributed by atoms with Crippen LogP contribution >= 0.6 is 0 Å². The van der Waals surface area contributed by atoms with E-state index in [0.29, 0.717) is 0 Å². The van der Waals surface area contributed by atoms with Gasteiger partial charge in [0.25, 0.3) is 0 Å². The van der Waals surface area contributed by atoms with Crippen LogP contribution in [-0.2, 0) is 4.74 Å². The van der Waals surface area contributed by atoms with Gasteiger partial charge >= 0.3 is 0 Å². The molecule has 14 heavy (non-hydrogen) atoms. The number of hydrogen-bond donors (Lipinski definition) is 1. The molecule has 0 saturated carbocycles. The molecule has 0 amide bonds. The van der Waals surface area contributed by atoms with E-state index in [1.807, 2.05) is 0 Å². The first kappa shape index (κ1) is 12.0. The summed E-state index contributed by atoms with van der Waals surface area (Å²) in [7, 11) is 2.08. The van der Waals surface area contributed by atoms with Gasteiger partial charge < -0.3 is 10.1 Å². The molecule has 0 aromatic rings. The average molecular weight is 199 g/mol. The zero-order chi connectivity index (χ0) is 10.2. The molecule has 84 valence electrons. The zero-order valence-corrected chi connectivity index (χ0v) is 9.72. The SMILES string of the molecule is CCCC(CCC1CCCOC1)NC. The minimum absolute atomic E-state index is 0.724. The molecule has 1 rings (SSSR count). The Morgan fingerprint density at radius 3 is 2.86 bits per heavy atom. The Labute approximate surface area is 88.4 Å². The van der Waals surface area contributed by atoms with Gasteiger partial charge in [-0.05, 0) is 45.1 Å². The van der Waals surface area contributed by atoms with Crippen molar-refractivity contribution in [2.75, 3.05) is 20.3 Å². The number of ether oxygens (including phenoxy) is 1. The van der Waals surface area contributed by atoms with Crippen LogP contribution in [0.1, 0.15) is 45.4 Å². The first-order valence-corrected chi connectivity index (χ1v) is 6.11. The van der Waals surface area contributed by atoms with E-state index in [1.165, 1.54) is 38.5 Å². The maximum absolute atomic E-state index is 5.49. The standard InChI is InChI=1S/C12H25NO/c1-3-5-12(13-2)8-7-11-6-4-9-14-10-11/h11-13H,3-10H2,1-2H3. The fourth-order valence-electron chi connectivity index (χ4n) is 2.25. The normalized spacial score (nSPS) is 24.9. The molecule has 1 saturated heterocycles. The molecule has 2 unspecified atom stereocenters. The Morgan fingerprint density at radius 2 is 2.29 bits per heavy atom. The first-order valence-electron chi connectivity index (χ1n) is 6.11. The molecule has 1 N–H and O–H groups in total. The van der Waals surface area contributed by atoms with Crippen molar-refractivity contribution in [2.45, 2.75) is 51.5 Å². The first-order chi connectivity index (χ1) is 6.86. The van der Waals surface area contributed by atoms with Crippen LogP contribution in [0.25, 0.3) is 0 Å². The molecule has 0 aromatic carbocycles. The van der Waals surface area contributed by atoms with Crippen molar-refractivity contribution in [1.29, 1.82) is 0 Å². The fraction of sp³-hybridized carbons (Fsp3) is 1.00. The van der Waals surface area contributed by atoms with Gasteiger partial charge in [0.15, 0.2) is 0 Å². The van der Waals surface area contributed by atoms with E-state index < -0.39 is 0 Å². The molecule has 0 spiro atoms. The quantitative estimate of drug-likeness (QED) is 0.710. The molecule has 1 fully saturated rings. The summed E-state index contributed by atoms with van der Waals surface area (Å²) in [5.74, 6) is 0.830. The largest absolute Gasteiger partial charge is 0.381 e. The highest BCUT2D eigenvalue weighted by molar-refractivity contribution is 4.69. The highest BCUT2D eigenvalue weighted by Crippen LogP contribution is 2.20. The minimum Gasteiger partial charge on any atom is -0.381 e. The second kappa shape index (κ2) is 7.24. The molecule has 2 heteroatoms. The van der Waals surface area contributed by atoms with Crippen molar-refractivity contribution in [3.05, 3.63) is 0 Å². The van der Waals surface area contributed by atoms with Crippen LogP contribution in [-0.4, -0.2) is 26.3 Å². The summed E-state index contributed by atoms with van der Waals surface area (Å²) in [6.07, 6.45) is 7.89. The number of hydrogen-bond acceptors (Lipinski definition) is 2. The van der Waals surface area contributed by atoms with Crippen molar-refractivity contribution >= 4 is 0 Å². The van der Waals surface area contributed by atoms with Gasteiger partial charge in [0.05, 0.1) is 0 Å². The van der Waals surface area contributed by atoms with Gasteiger partial charge in [0, 0.05) is 19.3 Å². The van der Waals surface area contributed by atoms with Crippen LogP contribution in [0.4, 0.5) is 0 Å². The predicted molar refractivity (Wildman–Crippen MR) is 60.5 cm³/mol. The smallest absolute Gasteiger partial charge is 0.0494 e. The van der Waals surface area contributed by atoms with Crippen molar-refractivity contribution in [3.8, 4) is 0 Å². The molecule has 1 aliphatic heterocycles. The Hall–Kier alpha value is -0.0800. The topological polar surface area (TPSA) is 21.3 Å². The van der Waals surface area contributed by atoms with Crippen LogP contribution in [0, 0.1) is 5.92 Å². The average Bonchev–Trinajstić information content (AvgIpc) is 2.25. The van der Waals surface area contributed by atoms with Crippen LogP contribution in [0.3, 0.4) is 0 Å². The van der Waals surface area contributed by atoms with Gasteiger partial charge in [-0.25, -0.2) is 0 Å². The summed E-state index contributed by atoms with van der Waals surface area (Å²) in [6, 6.07) is 0.724. The van der Waals surface area contributed by atoms with E-state index >= 15 is 0 Å². The summed E-state index contributed by atoms with van der Waals surface area (Å²) in [4.78, 5) is 0. The summed E-state index contributed by atoms with van der Waals surface area (Å²) in [5, 5.41) is 3.40. The van der Waals surface area contributed by atoms with Crippen LogP contribution in [0.2, 0.25) is 0 Å². The van der Waals surface area contributed by atoms with Crippen molar-refractivity contribution < 1.29 is 4.74 Å². The molecule has 0 aromatic heterocycles. The van der Waals surface area contributed by atoms with E-state index in [2.05, 4.69) is 19.3 Å². The molecule has 0 aliphatic carbocycles. The molecule has 2 atom stereocenters. The highest BCUT2D eigenvalue weighted by atomic mass is 16.5. The third-order valence-electron chi connectivity index (χ3n) is 3.22. The highest BCUT2D eigenvalue weighted by Gasteiger charge is 2.15. The summed E-state index contributed by atoms with van der Waals surface area (Å²) >= 11 is 0. The minimum atomic E-state index is 0.724. The van der Waals surface area contributed by atoms with E-state index in [-0.39, 0.29) is 0 Å². The van der Waals surface area contributed by atoms with Gasteiger partial charge in [-0.15, -0.1) is 0 Å². The van der Waals surface area contributed by atoms with Crippen LogP contribution in [0.5, 0.6) is 0 Å². The van der Waals surface area contributed by atoms with Crippen molar-refractivity contribution in [3.63, 3.8) is 0 Å². The number of nitrogens with one attached hydrogen (secondary N) is 1. The lowest BCUT2D eigenvalue weighted by molar-refractivity contribution is 0.0498. The third-order valence-corrected chi connectivity index (χ3v) is 3.22. The Morgan fingerprint density at radius 1 is 1.43 bits per heavy atom. The molecular formula is C12H25NO. The molecule has 1 heterocycles. The molecule has 2 nitrogen and oxygen atoms in total. The van der Waals surface area contributed by atoms with Gasteiger partial charge in [0.2, 0.25) is 0 Å². The molecule has 1 aliphatic rings. The van der Waals surface area contributed by atoms with Gasteiger partial charge in [-0.3, -0.25) is 0 Å². The predicted octanol–water partition coefficient (Wildman–Crippen LogP) is 2.58. The van der Waals surface area contributed by atoms with Gasteiger partial charge in [-0.1, -0.05) is 13.3 Å². The Balaban J connectivity index is 2.10. The number of rotatable bonds is 6. The van der Waals surface area contributed by atoms with E-state index in [4.69, 9.17) is 4.74 Å². The fourth-order valence-corrected chi connectivity index (χ4v) is 2.25. The summed E-state index contributed by atoms with van der Waals surface area (Å²) in [5.41, 5.74) is 0. The van der Waals surface area contributed by atoms with E-state index in [9.17, 15) is 0 Å².